The van der Waals surface area contributed by atoms with Crippen molar-refractivity contribution in [2.75, 3.05) is 31.5 Å². The van der Waals surface area contributed by atoms with Gasteiger partial charge in [-0.15, -0.1) is 0 Å². The summed E-state index contributed by atoms with van der Waals surface area (Å²) in [7, 11) is 0. The Morgan fingerprint density at radius 1 is 1.30 bits per heavy atom. The molecule has 0 saturated carbocycles. The second-order valence-electron chi connectivity index (χ2n) is 6.25. The van der Waals surface area contributed by atoms with Crippen LogP contribution in [-0.4, -0.2) is 60.0 Å². The van der Waals surface area contributed by atoms with Crippen molar-refractivity contribution in [1.29, 1.82) is 0 Å². The van der Waals surface area contributed by atoms with Crippen molar-refractivity contribution in [3.05, 3.63) is 30.3 Å². The average molecular weight is 316 g/mol. The van der Waals surface area contributed by atoms with Crippen molar-refractivity contribution >= 4 is 17.6 Å². The van der Waals surface area contributed by atoms with Gasteiger partial charge in [-0.2, -0.15) is 0 Å². The van der Waals surface area contributed by atoms with Gasteiger partial charge in [0.05, 0.1) is 6.04 Å². The molecule has 0 aliphatic carbocycles. The van der Waals surface area contributed by atoms with Crippen LogP contribution in [0.4, 0.5) is 10.5 Å². The number of anilines is 1. The van der Waals surface area contributed by atoms with Gasteiger partial charge in [0.1, 0.15) is 0 Å². The first kappa shape index (κ1) is 15.8. The molecule has 6 heteroatoms. The van der Waals surface area contributed by atoms with E-state index in [2.05, 4.69) is 15.5 Å². The van der Waals surface area contributed by atoms with E-state index in [1.165, 1.54) is 0 Å². The van der Waals surface area contributed by atoms with Crippen molar-refractivity contribution in [2.24, 2.45) is 0 Å². The van der Waals surface area contributed by atoms with Gasteiger partial charge in [-0.25, -0.2) is 4.79 Å². The minimum atomic E-state index is -0.205. The largest absolute Gasteiger partial charge is 0.336 e. The third kappa shape index (κ3) is 3.64. The number of nitrogens with zero attached hydrogens (tertiary/aromatic N) is 2. The fraction of sp³-hybridized carbons (Fsp3) is 0.529. The highest BCUT2D eigenvalue weighted by Gasteiger charge is 2.34. The Kier molecular flexibility index (Phi) is 4.81. The summed E-state index contributed by atoms with van der Waals surface area (Å²) in [4.78, 5) is 28.4. The molecule has 0 spiro atoms. The summed E-state index contributed by atoms with van der Waals surface area (Å²) >= 11 is 0. The summed E-state index contributed by atoms with van der Waals surface area (Å²) in [5.74, 6) is 0.00252. The molecule has 2 aliphatic rings. The monoisotopic (exact) mass is 316 g/mol. The van der Waals surface area contributed by atoms with Gasteiger partial charge >= 0.3 is 6.03 Å². The Labute approximate surface area is 136 Å². The Bertz CT molecular complexity index is 563. The second-order valence-corrected chi connectivity index (χ2v) is 6.25. The Morgan fingerprint density at radius 2 is 2.09 bits per heavy atom. The zero-order chi connectivity index (χ0) is 16.2. The topological polar surface area (TPSA) is 64.7 Å². The lowest BCUT2D eigenvalue weighted by atomic mass is 10.0. The van der Waals surface area contributed by atoms with Crippen molar-refractivity contribution in [1.82, 2.24) is 15.1 Å². The van der Waals surface area contributed by atoms with Crippen LogP contribution < -0.4 is 10.6 Å². The van der Waals surface area contributed by atoms with E-state index < -0.39 is 0 Å². The van der Waals surface area contributed by atoms with Gasteiger partial charge in [-0.3, -0.25) is 9.69 Å². The number of benzene rings is 1. The van der Waals surface area contributed by atoms with Crippen LogP contribution in [0.1, 0.15) is 19.8 Å². The second kappa shape index (κ2) is 7.00. The van der Waals surface area contributed by atoms with E-state index in [1.807, 2.05) is 42.2 Å². The number of amides is 3. The predicted molar refractivity (Wildman–Crippen MR) is 89.2 cm³/mol. The molecule has 2 fully saturated rings. The molecule has 2 atom stereocenters. The van der Waals surface area contributed by atoms with Crippen molar-refractivity contribution in [3.63, 3.8) is 0 Å². The lowest BCUT2D eigenvalue weighted by Crippen LogP contribution is -2.53. The number of likely N-dealkylation sites (tertiary alicyclic amines) is 1. The first-order chi connectivity index (χ1) is 11.1. The number of hydrogen-bond donors (Lipinski definition) is 2. The first-order valence-electron chi connectivity index (χ1n) is 8.29. The summed E-state index contributed by atoms with van der Waals surface area (Å²) in [6.07, 6.45) is 2.02. The van der Waals surface area contributed by atoms with Gasteiger partial charge in [-0.05, 0) is 38.4 Å². The molecule has 0 radical (unpaired) electrons. The van der Waals surface area contributed by atoms with Gasteiger partial charge < -0.3 is 15.5 Å². The highest BCUT2D eigenvalue weighted by Crippen LogP contribution is 2.20. The molecule has 2 aliphatic heterocycles. The zero-order valence-corrected chi connectivity index (χ0v) is 13.5. The van der Waals surface area contributed by atoms with Gasteiger partial charge in [0.2, 0.25) is 5.91 Å². The quantitative estimate of drug-likeness (QED) is 0.885. The number of para-hydroxylation sites is 1. The molecule has 6 nitrogen and oxygen atoms in total. The number of hydrogen-bond acceptors (Lipinski definition) is 3. The van der Waals surface area contributed by atoms with E-state index in [4.69, 9.17) is 0 Å². The lowest BCUT2D eigenvalue weighted by molar-refractivity contribution is -0.121. The van der Waals surface area contributed by atoms with Crippen molar-refractivity contribution in [3.8, 4) is 0 Å². The van der Waals surface area contributed by atoms with Gasteiger partial charge in [0.15, 0.2) is 0 Å². The van der Waals surface area contributed by atoms with E-state index in [-0.39, 0.29) is 24.0 Å². The van der Waals surface area contributed by atoms with E-state index in [0.29, 0.717) is 0 Å². The van der Waals surface area contributed by atoms with Crippen LogP contribution in [0, 0.1) is 0 Å². The van der Waals surface area contributed by atoms with Gasteiger partial charge in [0.25, 0.3) is 0 Å². The third-order valence-corrected chi connectivity index (χ3v) is 4.73. The summed E-state index contributed by atoms with van der Waals surface area (Å²) in [5.41, 5.74) is 0.817. The van der Waals surface area contributed by atoms with Crippen LogP contribution in [0.15, 0.2) is 30.3 Å². The Hall–Kier alpha value is -2.08. The van der Waals surface area contributed by atoms with Crippen LogP contribution in [-0.2, 0) is 4.79 Å². The van der Waals surface area contributed by atoms with E-state index in [0.717, 1.165) is 44.7 Å². The number of nitrogens with one attached hydrogen (secondary N) is 2. The summed E-state index contributed by atoms with van der Waals surface area (Å²) in [6, 6.07) is 9.54. The molecule has 23 heavy (non-hydrogen) atoms. The minimum Gasteiger partial charge on any atom is -0.336 e. The third-order valence-electron chi connectivity index (χ3n) is 4.73. The molecule has 1 aromatic rings. The van der Waals surface area contributed by atoms with E-state index >= 15 is 0 Å². The number of carbonyl (C=O) groups is 2. The minimum absolute atomic E-state index is 0.00252. The molecule has 2 heterocycles. The predicted octanol–water partition coefficient (Wildman–Crippen LogP) is 1.50. The van der Waals surface area contributed by atoms with Crippen LogP contribution in [0.3, 0.4) is 0 Å². The van der Waals surface area contributed by atoms with Crippen LogP contribution >= 0.6 is 0 Å². The fourth-order valence-corrected chi connectivity index (χ4v) is 3.36. The number of urea groups is 1. The maximum absolute atomic E-state index is 12.5. The number of piperidine rings is 1. The average Bonchev–Trinajstić information content (AvgIpc) is 3.01. The number of carbonyl (C=O) groups excluding carboxylic acids is 2. The van der Waals surface area contributed by atoms with Crippen LogP contribution in [0.2, 0.25) is 0 Å². The van der Waals surface area contributed by atoms with Crippen LogP contribution in [0.5, 0.6) is 0 Å². The normalized spacial score (nSPS) is 23.4. The maximum Gasteiger partial charge on any atom is 0.317 e. The fourth-order valence-electron chi connectivity index (χ4n) is 3.36. The SMILES string of the molecule is CC(C(=O)Nc1ccccc1)N1CCCC(N2CCNC2=O)C1. The van der Waals surface area contributed by atoms with Crippen molar-refractivity contribution in [2.45, 2.75) is 31.8 Å². The summed E-state index contributed by atoms with van der Waals surface area (Å²) < 4.78 is 0. The molecule has 0 bridgehead atoms. The first-order valence-corrected chi connectivity index (χ1v) is 8.29. The molecule has 2 N–H and O–H groups in total. The van der Waals surface area contributed by atoms with Crippen molar-refractivity contribution < 1.29 is 9.59 Å². The highest BCUT2D eigenvalue weighted by molar-refractivity contribution is 5.94. The lowest BCUT2D eigenvalue weighted by Gasteiger charge is -2.39. The van der Waals surface area contributed by atoms with Gasteiger partial charge in [-0.1, -0.05) is 18.2 Å². The molecule has 3 rings (SSSR count). The molecular formula is C17H24N4O2. The highest BCUT2D eigenvalue weighted by atomic mass is 16.2. The smallest absolute Gasteiger partial charge is 0.317 e. The van der Waals surface area contributed by atoms with Crippen LogP contribution in [0.25, 0.3) is 0 Å². The summed E-state index contributed by atoms with van der Waals surface area (Å²) in [5, 5.41) is 5.81. The molecule has 2 unspecified atom stereocenters. The summed E-state index contributed by atoms with van der Waals surface area (Å²) in [6.45, 7) is 5.08. The van der Waals surface area contributed by atoms with Gasteiger partial charge in [0, 0.05) is 31.4 Å². The molecule has 3 amide bonds. The molecule has 2 saturated heterocycles. The van der Waals surface area contributed by atoms with E-state index in [9.17, 15) is 9.59 Å². The van der Waals surface area contributed by atoms with E-state index in [1.54, 1.807) is 0 Å². The number of rotatable bonds is 4. The standard InChI is InChI=1S/C17H24N4O2/c1-13(16(22)19-14-6-3-2-4-7-14)20-10-5-8-15(12-20)21-11-9-18-17(21)23/h2-4,6-7,13,15H,5,8-12H2,1H3,(H,18,23)(H,19,22). The zero-order valence-electron chi connectivity index (χ0n) is 13.5. The molecule has 0 aromatic heterocycles. The molecule has 1 aromatic carbocycles. The molecular weight excluding hydrogens is 292 g/mol. The Balaban J connectivity index is 1.59. The maximum atomic E-state index is 12.5. The Morgan fingerprint density at radius 3 is 2.78 bits per heavy atom. The molecule has 124 valence electrons.